The van der Waals surface area contributed by atoms with Gasteiger partial charge in [0, 0.05) is 28.5 Å². The number of amides is 1. The lowest BCUT2D eigenvalue weighted by Crippen LogP contribution is -2.28. The Bertz CT molecular complexity index is 1140. The van der Waals surface area contributed by atoms with Gasteiger partial charge >= 0.3 is 0 Å². The van der Waals surface area contributed by atoms with Gasteiger partial charge in [0.2, 0.25) is 5.82 Å². The first-order valence-corrected chi connectivity index (χ1v) is 9.62. The van der Waals surface area contributed by atoms with Crippen LogP contribution in [0.1, 0.15) is 21.7 Å². The molecule has 0 aliphatic heterocycles. The van der Waals surface area contributed by atoms with Crippen molar-refractivity contribution in [3.63, 3.8) is 0 Å². The number of benzene rings is 1. The second-order valence-electron chi connectivity index (χ2n) is 6.27. The minimum atomic E-state index is -1.26. The van der Waals surface area contributed by atoms with Gasteiger partial charge in [0.15, 0.2) is 0 Å². The van der Waals surface area contributed by atoms with Crippen molar-refractivity contribution in [1.82, 2.24) is 15.4 Å². The molecule has 0 saturated carbocycles. The highest BCUT2D eigenvalue weighted by atomic mass is 79.9. The van der Waals surface area contributed by atoms with Crippen LogP contribution < -0.4 is 16.4 Å². The number of nitrogens with zero attached hydrogens (tertiary/aromatic N) is 1. The van der Waals surface area contributed by atoms with Gasteiger partial charge in [-0.25, -0.2) is 9.87 Å². The molecular formula is C20H17BrF2N4O3. The van der Waals surface area contributed by atoms with Gasteiger partial charge in [-0.1, -0.05) is 22.0 Å². The van der Waals surface area contributed by atoms with E-state index in [9.17, 15) is 18.4 Å². The van der Waals surface area contributed by atoms with E-state index in [2.05, 4.69) is 36.7 Å². The number of halogens is 3. The Morgan fingerprint density at radius 2 is 2.07 bits per heavy atom. The largest absolute Gasteiger partial charge is 0.350 e. The zero-order valence-corrected chi connectivity index (χ0v) is 17.3. The molecule has 0 atom stereocenters. The molecule has 0 aliphatic rings. The second kappa shape index (κ2) is 9.59. The van der Waals surface area contributed by atoms with E-state index in [1.165, 1.54) is 12.1 Å². The Hall–Kier alpha value is -3.11. The van der Waals surface area contributed by atoms with Crippen molar-refractivity contribution in [3.8, 4) is 0 Å². The van der Waals surface area contributed by atoms with Gasteiger partial charge in [-0.05, 0) is 37.3 Å². The van der Waals surface area contributed by atoms with Gasteiger partial charge in [0.1, 0.15) is 5.82 Å². The van der Waals surface area contributed by atoms with E-state index in [1.54, 1.807) is 0 Å². The number of carbonyl (C=O) groups excluding carboxylic acids is 1. The molecule has 3 N–H and O–H groups in total. The molecular weight excluding hydrogens is 462 g/mol. The average molecular weight is 479 g/mol. The molecule has 30 heavy (non-hydrogen) atoms. The third kappa shape index (κ3) is 5.28. The molecule has 1 amide bonds. The van der Waals surface area contributed by atoms with Crippen LogP contribution in [-0.2, 0) is 11.3 Å². The average Bonchev–Trinajstić information content (AvgIpc) is 2.70. The van der Waals surface area contributed by atoms with Gasteiger partial charge < -0.3 is 10.3 Å². The Morgan fingerprint density at radius 3 is 2.80 bits per heavy atom. The van der Waals surface area contributed by atoms with Crippen LogP contribution in [0.5, 0.6) is 0 Å². The van der Waals surface area contributed by atoms with Gasteiger partial charge in [-0.3, -0.25) is 19.4 Å². The van der Waals surface area contributed by atoms with Crippen molar-refractivity contribution in [2.45, 2.75) is 13.3 Å². The van der Waals surface area contributed by atoms with Crippen LogP contribution in [0, 0.1) is 18.6 Å². The number of nitrogens with one attached hydrogen (secondary N) is 3. The number of carbonyl (C=O) groups is 1. The molecule has 10 heteroatoms. The summed E-state index contributed by atoms with van der Waals surface area (Å²) in [7, 11) is 0. The quantitative estimate of drug-likeness (QED) is 0.354. The zero-order chi connectivity index (χ0) is 21.7. The fraction of sp³-hybridized carbons (Fsp3) is 0.150. The number of H-pyrrole nitrogens is 1. The van der Waals surface area contributed by atoms with Gasteiger partial charge in [0.25, 0.3) is 11.5 Å². The van der Waals surface area contributed by atoms with Crippen LogP contribution in [0.15, 0.2) is 51.9 Å². The number of aryl methyl sites for hydroxylation is 1. The normalized spacial score (nSPS) is 10.7. The number of rotatable bonds is 7. The summed E-state index contributed by atoms with van der Waals surface area (Å²) in [4.78, 5) is 35.7. The van der Waals surface area contributed by atoms with Crippen molar-refractivity contribution in [1.29, 1.82) is 0 Å². The molecule has 1 aromatic carbocycles. The van der Waals surface area contributed by atoms with Crippen LogP contribution in [0.3, 0.4) is 0 Å². The molecule has 3 aromatic rings. The number of hydrogen-bond acceptors (Lipinski definition) is 5. The summed E-state index contributed by atoms with van der Waals surface area (Å²) in [5.74, 6) is -2.77. The molecule has 0 bridgehead atoms. The van der Waals surface area contributed by atoms with Crippen molar-refractivity contribution in [2.75, 3.05) is 11.9 Å². The smallest absolute Gasteiger partial charge is 0.286 e. The van der Waals surface area contributed by atoms with Gasteiger partial charge in [0.05, 0.1) is 23.5 Å². The van der Waals surface area contributed by atoms with E-state index in [-0.39, 0.29) is 17.9 Å². The topological polar surface area (TPSA) is 96.1 Å². The maximum Gasteiger partial charge on any atom is 0.286 e. The first-order chi connectivity index (χ1) is 14.3. The van der Waals surface area contributed by atoms with E-state index in [0.717, 1.165) is 23.7 Å². The molecule has 0 unspecified atom stereocenters. The van der Waals surface area contributed by atoms with Crippen molar-refractivity contribution >= 4 is 33.2 Å². The summed E-state index contributed by atoms with van der Waals surface area (Å²) in [6, 6.07) is 9.57. The van der Waals surface area contributed by atoms with E-state index >= 15 is 0 Å². The van der Waals surface area contributed by atoms with E-state index in [4.69, 9.17) is 4.84 Å². The van der Waals surface area contributed by atoms with E-state index in [0.29, 0.717) is 10.9 Å². The summed E-state index contributed by atoms with van der Waals surface area (Å²) < 4.78 is 29.0. The van der Waals surface area contributed by atoms with Gasteiger partial charge in [-0.2, -0.15) is 4.39 Å². The zero-order valence-electron chi connectivity index (χ0n) is 15.8. The molecule has 0 saturated heterocycles. The SMILES string of the molecule is Cc1cccc(CCONC(=O)c2c[nH]c(=O)c(F)c2Nc2ccc(Br)cc2F)n1. The number of hydrogen-bond donors (Lipinski definition) is 3. The second-order valence-corrected chi connectivity index (χ2v) is 7.19. The highest BCUT2D eigenvalue weighted by Crippen LogP contribution is 2.26. The van der Waals surface area contributed by atoms with Crippen LogP contribution >= 0.6 is 15.9 Å². The van der Waals surface area contributed by atoms with E-state index < -0.39 is 28.8 Å². The molecule has 2 heterocycles. The summed E-state index contributed by atoms with van der Waals surface area (Å²) in [5.41, 5.74) is 1.93. The molecule has 0 spiro atoms. The number of hydroxylamine groups is 1. The minimum absolute atomic E-state index is 0.108. The number of anilines is 2. The Labute approximate surface area is 178 Å². The molecule has 2 aromatic heterocycles. The predicted octanol–water partition coefficient (Wildman–Crippen LogP) is 3.77. The Kier molecular flexibility index (Phi) is 6.91. The monoisotopic (exact) mass is 478 g/mol. The number of aromatic nitrogens is 2. The molecule has 0 radical (unpaired) electrons. The summed E-state index contributed by atoms with van der Waals surface area (Å²) in [5, 5.41) is 2.46. The van der Waals surface area contributed by atoms with Crippen LogP contribution in [-0.4, -0.2) is 22.5 Å². The summed E-state index contributed by atoms with van der Waals surface area (Å²) >= 11 is 3.12. The lowest BCUT2D eigenvalue weighted by Gasteiger charge is -2.13. The molecule has 3 rings (SSSR count). The highest BCUT2D eigenvalue weighted by molar-refractivity contribution is 9.10. The highest BCUT2D eigenvalue weighted by Gasteiger charge is 2.20. The Balaban J connectivity index is 1.72. The summed E-state index contributed by atoms with van der Waals surface area (Å²) in [6.45, 7) is 1.98. The maximum atomic E-state index is 14.4. The Morgan fingerprint density at radius 1 is 1.27 bits per heavy atom. The minimum Gasteiger partial charge on any atom is -0.350 e. The van der Waals surface area contributed by atoms with Crippen molar-refractivity contribution < 1.29 is 18.4 Å². The standard InChI is InChI=1S/C20H17BrF2N4O3/c1-11-3-2-4-13(25-11)7-8-30-27-19(28)14-10-24-20(29)17(23)18(14)26-16-6-5-12(21)9-15(16)22/h2-6,9-10H,7-8H2,1H3,(H,27,28)(H2,24,26,29). The lowest BCUT2D eigenvalue weighted by molar-refractivity contribution is 0.0322. The molecule has 0 aliphatic carbocycles. The third-order valence-corrected chi connectivity index (χ3v) is 4.54. The molecule has 7 nitrogen and oxygen atoms in total. The van der Waals surface area contributed by atoms with Crippen LogP contribution in [0.4, 0.5) is 20.2 Å². The molecule has 156 valence electrons. The van der Waals surface area contributed by atoms with Crippen LogP contribution in [0.2, 0.25) is 0 Å². The first kappa shape index (κ1) is 21.6. The fourth-order valence-electron chi connectivity index (χ4n) is 2.60. The predicted molar refractivity (Wildman–Crippen MR) is 110 cm³/mol. The fourth-order valence-corrected chi connectivity index (χ4v) is 2.93. The van der Waals surface area contributed by atoms with Gasteiger partial charge in [-0.15, -0.1) is 0 Å². The third-order valence-electron chi connectivity index (χ3n) is 4.04. The maximum absolute atomic E-state index is 14.4. The number of pyridine rings is 2. The van der Waals surface area contributed by atoms with Crippen molar-refractivity contribution in [3.05, 3.63) is 86.0 Å². The molecule has 0 fully saturated rings. The lowest BCUT2D eigenvalue weighted by atomic mass is 10.2. The first-order valence-electron chi connectivity index (χ1n) is 8.83. The van der Waals surface area contributed by atoms with E-state index in [1.807, 2.05) is 25.1 Å². The number of aromatic amines is 1. The van der Waals surface area contributed by atoms with Crippen LogP contribution in [0.25, 0.3) is 0 Å². The summed E-state index contributed by atoms with van der Waals surface area (Å²) in [6.07, 6.45) is 1.46. The van der Waals surface area contributed by atoms with Crippen molar-refractivity contribution in [2.24, 2.45) is 0 Å².